The number of benzene rings is 6. The summed E-state index contributed by atoms with van der Waals surface area (Å²) in [5.74, 6) is 1.59. The van der Waals surface area contributed by atoms with Crippen LogP contribution in [0.2, 0.25) is 0 Å². The van der Waals surface area contributed by atoms with E-state index < -0.39 is 8.88 Å². The van der Waals surface area contributed by atoms with E-state index in [0.717, 1.165) is 67.6 Å². The van der Waals surface area contributed by atoms with E-state index >= 15 is 0 Å². The topological polar surface area (TPSA) is 24.9 Å². The van der Waals surface area contributed by atoms with Gasteiger partial charge in [-0.15, -0.1) is 0 Å². The highest BCUT2D eigenvalue weighted by molar-refractivity contribution is 6.80. The molecule has 0 atom stereocenters. The second-order valence-electron chi connectivity index (χ2n) is 11.1. The average Bonchev–Trinajstić information content (AvgIpc) is 3.22. The molecular formula is C38H30N2O2Si. The summed E-state index contributed by atoms with van der Waals surface area (Å²) in [5, 5.41) is 0. The van der Waals surface area contributed by atoms with Crippen molar-refractivity contribution in [2.45, 2.75) is 13.8 Å². The Bertz CT molecular complexity index is 1860. The molecule has 6 aromatic rings. The highest BCUT2D eigenvalue weighted by Gasteiger charge is 2.63. The Kier molecular flexibility index (Phi) is 5.88. The average molecular weight is 575 g/mol. The molecule has 1 spiro atoms. The van der Waals surface area contributed by atoms with Crippen LogP contribution in [-0.4, -0.2) is 8.88 Å². The molecule has 5 heteroatoms. The van der Waals surface area contributed by atoms with E-state index in [1.54, 1.807) is 0 Å². The van der Waals surface area contributed by atoms with Gasteiger partial charge < -0.3 is 8.85 Å². The van der Waals surface area contributed by atoms with Gasteiger partial charge in [-0.1, -0.05) is 97.1 Å². The highest BCUT2D eigenvalue weighted by atomic mass is 28.4. The van der Waals surface area contributed by atoms with Gasteiger partial charge in [-0.05, 0) is 73.5 Å². The molecule has 6 aromatic carbocycles. The molecule has 0 aliphatic carbocycles. The summed E-state index contributed by atoms with van der Waals surface area (Å²) >= 11 is 0. The molecule has 43 heavy (non-hydrogen) atoms. The van der Waals surface area contributed by atoms with Gasteiger partial charge >= 0.3 is 8.88 Å². The van der Waals surface area contributed by atoms with Crippen molar-refractivity contribution in [3.8, 4) is 33.8 Å². The second kappa shape index (κ2) is 9.93. The van der Waals surface area contributed by atoms with Crippen LogP contribution in [0.4, 0.5) is 22.7 Å². The van der Waals surface area contributed by atoms with Crippen LogP contribution in [0.5, 0.6) is 11.5 Å². The third-order valence-electron chi connectivity index (χ3n) is 8.22. The second-order valence-corrected chi connectivity index (χ2v) is 13.5. The van der Waals surface area contributed by atoms with Crippen molar-refractivity contribution in [3.05, 3.63) is 157 Å². The van der Waals surface area contributed by atoms with Crippen molar-refractivity contribution in [3.63, 3.8) is 0 Å². The van der Waals surface area contributed by atoms with Crippen molar-refractivity contribution >= 4 is 31.6 Å². The zero-order valence-corrected chi connectivity index (χ0v) is 25.1. The van der Waals surface area contributed by atoms with Crippen LogP contribution in [0.15, 0.2) is 146 Å². The van der Waals surface area contributed by atoms with Crippen LogP contribution < -0.4 is 18.0 Å². The normalized spacial score (nSPS) is 14.3. The first kappa shape index (κ1) is 25.4. The Morgan fingerprint density at radius 2 is 0.814 bits per heavy atom. The summed E-state index contributed by atoms with van der Waals surface area (Å²) in [4.78, 5) is 0. The Balaban J connectivity index is 1.56. The lowest BCUT2D eigenvalue weighted by Gasteiger charge is -2.45. The lowest BCUT2D eigenvalue weighted by molar-refractivity contribution is 0.384. The van der Waals surface area contributed by atoms with E-state index in [4.69, 9.17) is 8.85 Å². The molecule has 2 heterocycles. The van der Waals surface area contributed by atoms with Gasteiger partial charge in [-0.25, -0.2) is 0 Å². The van der Waals surface area contributed by atoms with Crippen LogP contribution >= 0.6 is 0 Å². The minimum atomic E-state index is -3.80. The highest BCUT2D eigenvalue weighted by Crippen LogP contribution is 2.53. The van der Waals surface area contributed by atoms with E-state index in [-0.39, 0.29) is 0 Å². The van der Waals surface area contributed by atoms with E-state index in [1.807, 2.05) is 12.1 Å². The number of aryl methyl sites for hydroxylation is 2. The Morgan fingerprint density at radius 3 is 1.26 bits per heavy atom. The van der Waals surface area contributed by atoms with Gasteiger partial charge in [-0.2, -0.15) is 0 Å². The van der Waals surface area contributed by atoms with Gasteiger partial charge in [0.1, 0.15) is 11.5 Å². The van der Waals surface area contributed by atoms with Crippen molar-refractivity contribution in [1.29, 1.82) is 0 Å². The fraction of sp³-hybridized carbons (Fsp3) is 0.0526. The molecule has 0 N–H and O–H groups in total. The van der Waals surface area contributed by atoms with Crippen LogP contribution in [0.25, 0.3) is 22.3 Å². The molecule has 0 unspecified atom stereocenters. The van der Waals surface area contributed by atoms with Gasteiger partial charge in [0.05, 0.1) is 0 Å². The molecule has 2 aliphatic rings. The summed E-state index contributed by atoms with van der Waals surface area (Å²) in [6, 6.07) is 51.1. The maximum atomic E-state index is 7.54. The van der Waals surface area contributed by atoms with Gasteiger partial charge in [0.15, 0.2) is 0 Å². The lowest BCUT2D eigenvalue weighted by Crippen LogP contribution is -2.72. The minimum Gasteiger partial charge on any atom is -0.480 e. The summed E-state index contributed by atoms with van der Waals surface area (Å²) in [5.41, 5.74) is 10.7. The summed E-state index contributed by atoms with van der Waals surface area (Å²) in [6.07, 6.45) is 0. The molecule has 0 radical (unpaired) electrons. The molecule has 0 fully saturated rings. The fourth-order valence-corrected chi connectivity index (χ4v) is 9.85. The van der Waals surface area contributed by atoms with Crippen molar-refractivity contribution in [2.75, 3.05) is 9.13 Å². The van der Waals surface area contributed by atoms with E-state index in [0.29, 0.717) is 0 Å². The Hall–Kier alpha value is -5.26. The largest absolute Gasteiger partial charge is 0.733 e. The molecule has 0 bridgehead atoms. The van der Waals surface area contributed by atoms with Crippen molar-refractivity contribution < 1.29 is 8.85 Å². The molecule has 4 nitrogen and oxygen atoms in total. The summed E-state index contributed by atoms with van der Waals surface area (Å²) in [6.45, 7) is 4.27. The molecule has 0 saturated heterocycles. The molecule has 0 amide bonds. The Labute approximate surface area is 253 Å². The van der Waals surface area contributed by atoms with Crippen LogP contribution in [-0.2, 0) is 0 Å². The fourth-order valence-electron chi connectivity index (χ4n) is 6.38. The number of fused-ring (bicyclic) bond motifs is 6. The first-order valence-corrected chi connectivity index (χ1v) is 16.3. The standard InChI is InChI=1S/C38H30N2O2Si/c1-27-13-11-15-29(25-27)39-35-21-7-3-17-31(35)33-19-5-9-23-37(33)41-43(39)40(30-16-12-14-28(2)26-30)36-22-8-4-18-32(36)34-20-6-10-24-38(34)42-43/h3-26H,1-2H3. The maximum Gasteiger partial charge on any atom is 0.733 e. The molecule has 2 aliphatic heterocycles. The van der Waals surface area contributed by atoms with E-state index in [2.05, 4.69) is 156 Å². The van der Waals surface area contributed by atoms with Gasteiger partial charge in [0.2, 0.25) is 0 Å². The van der Waals surface area contributed by atoms with E-state index in [1.165, 1.54) is 0 Å². The zero-order valence-electron chi connectivity index (χ0n) is 24.1. The van der Waals surface area contributed by atoms with Crippen LogP contribution in [0, 0.1) is 13.8 Å². The molecule has 0 saturated carbocycles. The lowest BCUT2D eigenvalue weighted by atomic mass is 10.0. The SMILES string of the molecule is Cc1cccc(N2c3ccccc3-c3ccccc3O[Si]23Oc2ccccc2-c2ccccc2N3c2cccc(C)c2)c1. The summed E-state index contributed by atoms with van der Waals surface area (Å²) < 4.78 is 19.8. The first-order valence-electron chi connectivity index (χ1n) is 14.6. The number of anilines is 4. The minimum absolute atomic E-state index is 0.797. The number of rotatable bonds is 2. The molecule has 0 aromatic heterocycles. The number of hydrogen-bond donors (Lipinski definition) is 0. The number of para-hydroxylation sites is 4. The smallest absolute Gasteiger partial charge is 0.480 e. The molecule has 208 valence electrons. The number of nitrogens with zero attached hydrogens (tertiary/aromatic N) is 2. The quantitative estimate of drug-likeness (QED) is 0.192. The predicted octanol–water partition coefficient (Wildman–Crippen LogP) is 9.83. The maximum absolute atomic E-state index is 7.54. The van der Waals surface area contributed by atoms with Crippen LogP contribution in [0.1, 0.15) is 11.1 Å². The van der Waals surface area contributed by atoms with Gasteiger partial charge in [0, 0.05) is 45.0 Å². The molecular weight excluding hydrogens is 545 g/mol. The zero-order chi connectivity index (χ0) is 29.0. The third-order valence-corrected chi connectivity index (χ3v) is 11.3. The van der Waals surface area contributed by atoms with E-state index in [9.17, 15) is 0 Å². The predicted molar refractivity (Wildman–Crippen MR) is 177 cm³/mol. The summed E-state index contributed by atoms with van der Waals surface area (Å²) in [7, 11) is -3.80. The number of hydrogen-bond acceptors (Lipinski definition) is 4. The monoisotopic (exact) mass is 574 g/mol. The Morgan fingerprint density at radius 1 is 0.419 bits per heavy atom. The van der Waals surface area contributed by atoms with Crippen molar-refractivity contribution in [2.24, 2.45) is 0 Å². The third kappa shape index (κ3) is 4.04. The van der Waals surface area contributed by atoms with Crippen LogP contribution in [0.3, 0.4) is 0 Å². The van der Waals surface area contributed by atoms with Gasteiger partial charge in [0.25, 0.3) is 0 Å². The van der Waals surface area contributed by atoms with Gasteiger partial charge in [-0.3, -0.25) is 9.13 Å². The van der Waals surface area contributed by atoms with Crippen molar-refractivity contribution in [1.82, 2.24) is 0 Å². The molecule has 8 rings (SSSR count). The first-order chi connectivity index (χ1) is 21.1.